The van der Waals surface area contributed by atoms with E-state index >= 15 is 0 Å². The number of carbonyl (C=O) groups is 1. The lowest BCUT2D eigenvalue weighted by molar-refractivity contribution is 0.0999. The molecular formula is C18H16N2O3S. The SMILES string of the molecule is CCOc1cccc2cc(C(=O)Nc3sc(C)c(C)c3C#N)oc12. The standard InChI is InChI=1S/C18H16N2O3S/c1-4-22-14-7-5-6-12-8-15(23-16(12)14)17(21)20-18-13(9-19)10(2)11(3)24-18/h5-8H,4H2,1-3H3,(H,20,21). The van der Waals surface area contributed by atoms with Crippen molar-refractivity contribution in [3.63, 3.8) is 0 Å². The van der Waals surface area contributed by atoms with Crippen LogP contribution in [0.1, 0.15) is 33.5 Å². The number of aryl methyl sites for hydroxylation is 1. The van der Waals surface area contributed by atoms with Crippen LogP contribution in [0.5, 0.6) is 5.75 Å². The van der Waals surface area contributed by atoms with Crippen LogP contribution in [0.3, 0.4) is 0 Å². The van der Waals surface area contributed by atoms with Gasteiger partial charge in [0.25, 0.3) is 5.91 Å². The summed E-state index contributed by atoms with van der Waals surface area (Å²) in [5.74, 6) is 0.408. The lowest BCUT2D eigenvalue weighted by Crippen LogP contribution is -2.10. The Balaban J connectivity index is 1.94. The second-order valence-electron chi connectivity index (χ2n) is 5.27. The summed E-state index contributed by atoms with van der Waals surface area (Å²) in [7, 11) is 0. The maximum Gasteiger partial charge on any atom is 0.292 e. The van der Waals surface area contributed by atoms with Crippen molar-refractivity contribution in [2.45, 2.75) is 20.8 Å². The smallest absolute Gasteiger partial charge is 0.292 e. The summed E-state index contributed by atoms with van der Waals surface area (Å²) in [5.41, 5.74) is 1.93. The van der Waals surface area contributed by atoms with E-state index in [-0.39, 0.29) is 11.7 Å². The van der Waals surface area contributed by atoms with Gasteiger partial charge >= 0.3 is 0 Å². The quantitative estimate of drug-likeness (QED) is 0.751. The molecular weight excluding hydrogens is 324 g/mol. The van der Waals surface area contributed by atoms with E-state index in [1.165, 1.54) is 11.3 Å². The van der Waals surface area contributed by atoms with Gasteiger partial charge in [0.15, 0.2) is 17.1 Å². The van der Waals surface area contributed by atoms with E-state index in [1.807, 2.05) is 32.9 Å². The van der Waals surface area contributed by atoms with E-state index in [1.54, 1.807) is 12.1 Å². The number of benzene rings is 1. The Morgan fingerprint density at radius 3 is 2.92 bits per heavy atom. The first-order valence-electron chi connectivity index (χ1n) is 7.52. The van der Waals surface area contributed by atoms with Gasteiger partial charge in [-0.1, -0.05) is 12.1 Å². The number of carbonyl (C=O) groups excluding carboxylic acids is 1. The zero-order valence-electron chi connectivity index (χ0n) is 13.6. The summed E-state index contributed by atoms with van der Waals surface area (Å²) >= 11 is 1.39. The molecule has 0 bridgehead atoms. The number of thiophene rings is 1. The second kappa shape index (κ2) is 6.38. The Kier molecular flexibility index (Phi) is 4.28. The van der Waals surface area contributed by atoms with E-state index in [9.17, 15) is 10.1 Å². The third-order valence-electron chi connectivity index (χ3n) is 3.76. The van der Waals surface area contributed by atoms with Crippen LogP contribution in [-0.4, -0.2) is 12.5 Å². The minimum absolute atomic E-state index is 0.185. The van der Waals surface area contributed by atoms with Crippen LogP contribution >= 0.6 is 11.3 Å². The molecule has 0 fully saturated rings. The summed E-state index contributed by atoms with van der Waals surface area (Å²) in [6.45, 7) is 6.20. The molecule has 3 aromatic rings. The van der Waals surface area contributed by atoms with Crippen molar-refractivity contribution in [3.05, 3.63) is 46.0 Å². The van der Waals surface area contributed by atoms with Crippen molar-refractivity contribution in [1.82, 2.24) is 0 Å². The second-order valence-corrected chi connectivity index (χ2v) is 6.50. The van der Waals surface area contributed by atoms with E-state index in [0.717, 1.165) is 15.8 Å². The van der Waals surface area contributed by atoms with Gasteiger partial charge in [-0.2, -0.15) is 5.26 Å². The van der Waals surface area contributed by atoms with Crippen molar-refractivity contribution in [2.75, 3.05) is 11.9 Å². The average Bonchev–Trinajstić information content (AvgIpc) is 3.10. The van der Waals surface area contributed by atoms with Gasteiger partial charge in [0.05, 0.1) is 12.2 Å². The molecule has 1 N–H and O–H groups in total. The fourth-order valence-corrected chi connectivity index (χ4v) is 3.44. The van der Waals surface area contributed by atoms with Gasteiger partial charge in [0.1, 0.15) is 11.1 Å². The number of nitrogens with zero attached hydrogens (tertiary/aromatic N) is 1. The van der Waals surface area contributed by atoms with E-state index < -0.39 is 0 Å². The largest absolute Gasteiger partial charge is 0.490 e. The molecule has 0 aliphatic carbocycles. The summed E-state index contributed by atoms with van der Waals surface area (Å²) in [6.07, 6.45) is 0. The average molecular weight is 340 g/mol. The first-order chi connectivity index (χ1) is 11.5. The van der Waals surface area contributed by atoms with E-state index in [2.05, 4.69) is 11.4 Å². The molecule has 5 nitrogen and oxygen atoms in total. The van der Waals surface area contributed by atoms with E-state index in [4.69, 9.17) is 9.15 Å². The van der Waals surface area contributed by atoms with Crippen LogP contribution in [0, 0.1) is 25.2 Å². The monoisotopic (exact) mass is 340 g/mol. The first kappa shape index (κ1) is 16.1. The third kappa shape index (κ3) is 2.74. The first-order valence-corrected chi connectivity index (χ1v) is 8.33. The Bertz CT molecular complexity index is 963. The Labute approximate surface area is 143 Å². The molecule has 0 aliphatic rings. The fourth-order valence-electron chi connectivity index (χ4n) is 2.43. The molecule has 24 heavy (non-hydrogen) atoms. The number of nitriles is 1. The van der Waals surface area contributed by atoms with Gasteiger partial charge in [0, 0.05) is 10.3 Å². The highest BCUT2D eigenvalue weighted by Crippen LogP contribution is 2.33. The predicted octanol–water partition coefficient (Wildman–Crippen LogP) is 4.63. The number of rotatable bonds is 4. The molecule has 2 aromatic heterocycles. The van der Waals surface area contributed by atoms with Gasteiger partial charge in [-0.05, 0) is 38.5 Å². The van der Waals surface area contributed by atoms with Crippen LogP contribution in [0.4, 0.5) is 5.00 Å². The molecule has 0 aliphatic heterocycles. The Hall–Kier alpha value is -2.78. The molecule has 0 saturated carbocycles. The molecule has 122 valence electrons. The molecule has 1 aromatic carbocycles. The molecule has 6 heteroatoms. The van der Waals surface area contributed by atoms with Crippen LogP contribution in [0.2, 0.25) is 0 Å². The van der Waals surface area contributed by atoms with Gasteiger partial charge < -0.3 is 14.5 Å². The van der Waals surface area contributed by atoms with Crippen molar-refractivity contribution in [3.8, 4) is 11.8 Å². The molecule has 2 heterocycles. The number of ether oxygens (including phenoxy) is 1. The summed E-state index contributed by atoms with van der Waals surface area (Å²) in [6, 6.07) is 9.33. The number of para-hydroxylation sites is 1. The number of hydrogen-bond donors (Lipinski definition) is 1. The predicted molar refractivity (Wildman–Crippen MR) is 93.8 cm³/mol. The molecule has 3 rings (SSSR count). The maximum atomic E-state index is 12.5. The van der Waals surface area contributed by atoms with E-state index in [0.29, 0.717) is 28.5 Å². The van der Waals surface area contributed by atoms with Crippen molar-refractivity contribution in [1.29, 1.82) is 5.26 Å². The lowest BCUT2D eigenvalue weighted by atomic mass is 10.2. The van der Waals surface area contributed by atoms with Gasteiger partial charge in [-0.3, -0.25) is 4.79 Å². The highest BCUT2D eigenvalue weighted by Gasteiger charge is 2.19. The van der Waals surface area contributed by atoms with Crippen molar-refractivity contribution in [2.24, 2.45) is 0 Å². The molecule has 0 radical (unpaired) electrons. The van der Waals surface area contributed by atoms with Gasteiger partial charge in [-0.25, -0.2) is 0 Å². The van der Waals surface area contributed by atoms with Gasteiger partial charge in [0.2, 0.25) is 0 Å². The molecule has 0 spiro atoms. The molecule has 1 amide bonds. The summed E-state index contributed by atoms with van der Waals surface area (Å²) < 4.78 is 11.2. The summed E-state index contributed by atoms with van der Waals surface area (Å²) in [4.78, 5) is 13.5. The third-order valence-corrected chi connectivity index (χ3v) is 4.88. The number of nitrogens with one attached hydrogen (secondary N) is 1. The molecule has 0 atom stereocenters. The molecule has 0 unspecified atom stereocenters. The van der Waals surface area contributed by atoms with Crippen molar-refractivity contribution < 1.29 is 13.9 Å². The lowest BCUT2D eigenvalue weighted by Gasteiger charge is -2.02. The Morgan fingerprint density at radius 2 is 2.21 bits per heavy atom. The van der Waals surface area contributed by atoms with Crippen molar-refractivity contribution >= 4 is 33.2 Å². The highest BCUT2D eigenvalue weighted by molar-refractivity contribution is 7.16. The fraction of sp³-hybridized carbons (Fsp3) is 0.222. The van der Waals surface area contributed by atoms with Crippen LogP contribution < -0.4 is 10.1 Å². The minimum atomic E-state index is -0.383. The topological polar surface area (TPSA) is 75.3 Å². The zero-order chi connectivity index (χ0) is 17.3. The van der Waals surface area contributed by atoms with Crippen LogP contribution in [0.25, 0.3) is 11.0 Å². The van der Waals surface area contributed by atoms with Crippen LogP contribution in [-0.2, 0) is 0 Å². The zero-order valence-corrected chi connectivity index (χ0v) is 14.4. The number of furan rings is 1. The van der Waals surface area contributed by atoms with Crippen LogP contribution in [0.15, 0.2) is 28.7 Å². The number of hydrogen-bond acceptors (Lipinski definition) is 5. The van der Waals surface area contributed by atoms with Gasteiger partial charge in [-0.15, -0.1) is 11.3 Å². The molecule has 0 saturated heterocycles. The highest BCUT2D eigenvalue weighted by atomic mass is 32.1. The maximum absolute atomic E-state index is 12.5. The number of amides is 1. The number of anilines is 1. The summed E-state index contributed by atoms with van der Waals surface area (Å²) in [5, 5.41) is 13.4. The Morgan fingerprint density at radius 1 is 1.42 bits per heavy atom. The normalized spacial score (nSPS) is 10.6. The number of fused-ring (bicyclic) bond motifs is 1. The minimum Gasteiger partial charge on any atom is -0.490 e.